The van der Waals surface area contributed by atoms with Crippen LogP contribution in [0.1, 0.15) is 29.8 Å². The standard InChI is InChI=1S/C24H22FNO4S/c1-3-29-19-11-9-17(10-12-19)20-15-31-23(22(20)24(28)30-4-2)26-21(27)13-8-16-6-5-7-18(25)14-16/h5-15H,3-4H2,1-2H3,(H,26,27)/b13-8+. The highest BCUT2D eigenvalue weighted by Crippen LogP contribution is 2.37. The highest BCUT2D eigenvalue weighted by molar-refractivity contribution is 7.15. The van der Waals surface area contributed by atoms with Crippen molar-refractivity contribution in [2.75, 3.05) is 18.5 Å². The molecule has 1 N–H and O–H groups in total. The molecule has 1 amide bonds. The lowest BCUT2D eigenvalue weighted by Gasteiger charge is -2.09. The first-order valence-corrected chi connectivity index (χ1v) is 10.7. The predicted molar refractivity (Wildman–Crippen MR) is 121 cm³/mol. The second-order valence-corrected chi connectivity index (χ2v) is 7.29. The van der Waals surface area contributed by atoms with Crippen molar-refractivity contribution in [2.45, 2.75) is 13.8 Å². The molecular formula is C24H22FNO4S. The number of amides is 1. The Kier molecular flexibility index (Phi) is 7.56. The maximum absolute atomic E-state index is 13.3. The van der Waals surface area contributed by atoms with E-state index in [9.17, 15) is 14.0 Å². The molecule has 0 bridgehead atoms. The molecule has 1 heterocycles. The molecule has 7 heteroatoms. The summed E-state index contributed by atoms with van der Waals surface area (Å²) in [5, 5.41) is 4.91. The van der Waals surface area contributed by atoms with Crippen molar-refractivity contribution >= 4 is 34.3 Å². The van der Waals surface area contributed by atoms with Gasteiger partial charge in [0.05, 0.1) is 13.2 Å². The van der Waals surface area contributed by atoms with Crippen LogP contribution in [0.4, 0.5) is 9.39 Å². The molecule has 0 radical (unpaired) electrons. The fraction of sp³-hybridized carbons (Fsp3) is 0.167. The normalized spacial score (nSPS) is 10.8. The molecule has 0 saturated heterocycles. The average Bonchev–Trinajstić information content (AvgIpc) is 3.17. The van der Waals surface area contributed by atoms with E-state index in [1.54, 1.807) is 24.4 Å². The monoisotopic (exact) mass is 439 g/mol. The average molecular weight is 440 g/mol. The molecule has 0 aliphatic rings. The summed E-state index contributed by atoms with van der Waals surface area (Å²) in [6.07, 6.45) is 2.80. The van der Waals surface area contributed by atoms with Crippen LogP contribution >= 0.6 is 11.3 Å². The summed E-state index contributed by atoms with van der Waals surface area (Å²) in [4.78, 5) is 25.0. The van der Waals surface area contributed by atoms with Gasteiger partial charge in [-0.3, -0.25) is 4.79 Å². The third kappa shape index (κ3) is 5.79. The Hall–Kier alpha value is -3.45. The molecule has 0 aliphatic carbocycles. The van der Waals surface area contributed by atoms with E-state index < -0.39 is 11.9 Å². The van der Waals surface area contributed by atoms with Gasteiger partial charge >= 0.3 is 5.97 Å². The number of carbonyl (C=O) groups is 2. The van der Waals surface area contributed by atoms with Gasteiger partial charge in [-0.25, -0.2) is 9.18 Å². The van der Waals surface area contributed by atoms with E-state index in [1.807, 2.05) is 31.2 Å². The van der Waals surface area contributed by atoms with E-state index in [2.05, 4.69) is 5.32 Å². The van der Waals surface area contributed by atoms with Crippen molar-refractivity contribution in [2.24, 2.45) is 0 Å². The van der Waals surface area contributed by atoms with Gasteiger partial charge in [0.25, 0.3) is 0 Å². The van der Waals surface area contributed by atoms with Crippen molar-refractivity contribution in [3.63, 3.8) is 0 Å². The van der Waals surface area contributed by atoms with E-state index in [4.69, 9.17) is 9.47 Å². The van der Waals surface area contributed by atoms with Crippen LogP contribution < -0.4 is 10.1 Å². The van der Waals surface area contributed by atoms with Crippen LogP contribution in [-0.2, 0) is 9.53 Å². The smallest absolute Gasteiger partial charge is 0.341 e. The third-order valence-corrected chi connectivity index (χ3v) is 5.15. The van der Waals surface area contributed by atoms with Crippen molar-refractivity contribution in [3.05, 3.63) is 76.9 Å². The Labute approximate surface area is 184 Å². The zero-order valence-corrected chi connectivity index (χ0v) is 18.0. The van der Waals surface area contributed by atoms with Crippen molar-refractivity contribution in [3.8, 4) is 16.9 Å². The summed E-state index contributed by atoms with van der Waals surface area (Å²) in [5.74, 6) is -0.604. The predicted octanol–water partition coefficient (Wildman–Crippen LogP) is 5.78. The number of ether oxygens (including phenoxy) is 2. The maximum atomic E-state index is 13.3. The van der Waals surface area contributed by atoms with Gasteiger partial charge in [-0.2, -0.15) is 0 Å². The molecule has 0 spiro atoms. The minimum atomic E-state index is -0.517. The van der Waals surface area contributed by atoms with E-state index in [1.165, 1.54) is 35.6 Å². The quantitative estimate of drug-likeness (QED) is 0.357. The van der Waals surface area contributed by atoms with Gasteiger partial charge in [-0.1, -0.05) is 24.3 Å². The van der Waals surface area contributed by atoms with Crippen LogP contribution in [-0.4, -0.2) is 25.1 Å². The Bertz CT molecular complexity index is 1090. The number of benzene rings is 2. The first kappa shape index (κ1) is 22.2. The molecule has 31 heavy (non-hydrogen) atoms. The Balaban J connectivity index is 1.86. The molecule has 0 saturated carbocycles. The highest BCUT2D eigenvalue weighted by atomic mass is 32.1. The lowest BCUT2D eigenvalue weighted by molar-refractivity contribution is -0.111. The lowest BCUT2D eigenvalue weighted by atomic mass is 10.0. The topological polar surface area (TPSA) is 64.6 Å². The fourth-order valence-electron chi connectivity index (χ4n) is 2.90. The summed E-state index contributed by atoms with van der Waals surface area (Å²) >= 11 is 1.23. The molecule has 3 rings (SSSR count). The van der Waals surface area contributed by atoms with Crippen molar-refractivity contribution in [1.82, 2.24) is 0 Å². The molecule has 2 aromatic carbocycles. The SMILES string of the molecule is CCOC(=O)c1c(-c2ccc(OCC)cc2)csc1NC(=O)/C=C/c1cccc(F)c1. The lowest BCUT2D eigenvalue weighted by Crippen LogP contribution is -2.12. The van der Waals surface area contributed by atoms with Crippen LogP contribution in [0.5, 0.6) is 5.75 Å². The number of nitrogens with one attached hydrogen (secondary N) is 1. The van der Waals surface area contributed by atoms with Crippen LogP contribution in [0.15, 0.2) is 60.0 Å². The van der Waals surface area contributed by atoms with Gasteiger partial charge in [0, 0.05) is 17.0 Å². The first-order chi connectivity index (χ1) is 15.0. The number of carbonyl (C=O) groups excluding carboxylic acids is 2. The molecule has 5 nitrogen and oxygen atoms in total. The van der Waals surface area contributed by atoms with Gasteiger partial charge in [0.1, 0.15) is 22.1 Å². The summed E-state index contributed by atoms with van der Waals surface area (Å²) in [7, 11) is 0. The minimum Gasteiger partial charge on any atom is -0.494 e. The van der Waals surface area contributed by atoms with E-state index in [0.29, 0.717) is 28.3 Å². The number of halogens is 1. The van der Waals surface area contributed by atoms with Gasteiger partial charge in [-0.15, -0.1) is 11.3 Å². The number of anilines is 1. The van der Waals surface area contributed by atoms with Crippen LogP contribution in [0.25, 0.3) is 17.2 Å². The van der Waals surface area contributed by atoms with Crippen molar-refractivity contribution in [1.29, 1.82) is 0 Å². The fourth-order valence-corrected chi connectivity index (χ4v) is 3.86. The summed E-state index contributed by atoms with van der Waals surface area (Å²) < 4.78 is 24.0. The Morgan fingerprint density at radius 3 is 2.55 bits per heavy atom. The van der Waals surface area contributed by atoms with E-state index in [0.717, 1.165) is 11.3 Å². The van der Waals surface area contributed by atoms with Gasteiger partial charge in [0.2, 0.25) is 5.91 Å². The molecule has 0 unspecified atom stereocenters. The van der Waals surface area contributed by atoms with Crippen LogP contribution in [0.3, 0.4) is 0 Å². The first-order valence-electron chi connectivity index (χ1n) is 9.78. The van der Waals surface area contributed by atoms with Crippen LogP contribution in [0.2, 0.25) is 0 Å². The van der Waals surface area contributed by atoms with Gasteiger partial charge < -0.3 is 14.8 Å². The number of hydrogen-bond acceptors (Lipinski definition) is 5. The van der Waals surface area contributed by atoms with Crippen LogP contribution in [0, 0.1) is 5.82 Å². The summed E-state index contributed by atoms with van der Waals surface area (Å²) in [5.41, 5.74) is 2.32. The molecule has 0 atom stereocenters. The summed E-state index contributed by atoms with van der Waals surface area (Å²) in [6.45, 7) is 4.40. The largest absolute Gasteiger partial charge is 0.494 e. The third-order valence-electron chi connectivity index (χ3n) is 4.26. The number of rotatable bonds is 8. The second kappa shape index (κ2) is 10.5. The number of hydrogen-bond donors (Lipinski definition) is 1. The molecule has 160 valence electrons. The highest BCUT2D eigenvalue weighted by Gasteiger charge is 2.22. The molecular weight excluding hydrogens is 417 g/mol. The molecule has 1 aromatic heterocycles. The molecule has 3 aromatic rings. The number of esters is 1. The molecule has 0 fully saturated rings. The number of thiophene rings is 1. The Morgan fingerprint density at radius 1 is 1.10 bits per heavy atom. The zero-order valence-electron chi connectivity index (χ0n) is 17.2. The Morgan fingerprint density at radius 2 is 1.87 bits per heavy atom. The van der Waals surface area contributed by atoms with E-state index in [-0.39, 0.29) is 12.4 Å². The maximum Gasteiger partial charge on any atom is 0.341 e. The molecule has 0 aliphatic heterocycles. The van der Waals surface area contributed by atoms with Gasteiger partial charge in [0.15, 0.2) is 0 Å². The van der Waals surface area contributed by atoms with E-state index >= 15 is 0 Å². The summed E-state index contributed by atoms with van der Waals surface area (Å²) in [6, 6.07) is 13.3. The second-order valence-electron chi connectivity index (χ2n) is 6.41. The van der Waals surface area contributed by atoms with Crippen molar-refractivity contribution < 1.29 is 23.5 Å². The van der Waals surface area contributed by atoms with Gasteiger partial charge in [-0.05, 0) is 55.3 Å². The zero-order chi connectivity index (χ0) is 22.2. The minimum absolute atomic E-state index is 0.213.